The third kappa shape index (κ3) is 4.90. The molecule has 1 aliphatic heterocycles. The van der Waals surface area contributed by atoms with Crippen LogP contribution in [0.15, 0.2) is 18.2 Å². The number of nitrogens with one attached hydrogen (secondary N) is 1. The van der Waals surface area contributed by atoms with Crippen LogP contribution in [-0.2, 0) is 15.9 Å². The number of hydrogen-bond donors (Lipinski definition) is 1. The number of fused-ring (bicyclic) bond motifs is 1. The first-order valence-electron chi connectivity index (χ1n) is 8.12. The van der Waals surface area contributed by atoms with Crippen molar-refractivity contribution in [3.8, 4) is 0 Å². The quantitative estimate of drug-likeness (QED) is 0.710. The summed E-state index contributed by atoms with van der Waals surface area (Å²) in [6.45, 7) is 10.0. The molecule has 4 nitrogen and oxygen atoms in total. The van der Waals surface area contributed by atoms with Crippen LogP contribution >= 0.6 is 0 Å². The van der Waals surface area contributed by atoms with Crippen LogP contribution in [0.1, 0.15) is 25.8 Å². The van der Waals surface area contributed by atoms with Crippen LogP contribution in [0, 0.1) is 0 Å². The van der Waals surface area contributed by atoms with Gasteiger partial charge in [-0.25, -0.2) is 0 Å². The number of hydrogen-bond acceptors (Lipinski definition) is 4. The lowest BCUT2D eigenvalue weighted by atomic mass is 10.0. The van der Waals surface area contributed by atoms with Crippen LogP contribution in [0.3, 0.4) is 0 Å². The summed E-state index contributed by atoms with van der Waals surface area (Å²) in [6, 6.07) is 6.73. The smallest absolute Gasteiger partial charge is 0.0641 e. The summed E-state index contributed by atoms with van der Waals surface area (Å²) in [5.41, 5.74) is 3.99. The van der Waals surface area contributed by atoms with Crippen molar-refractivity contribution in [2.24, 2.45) is 0 Å². The fourth-order valence-corrected chi connectivity index (χ4v) is 2.67. The highest BCUT2D eigenvalue weighted by Crippen LogP contribution is 2.27. The van der Waals surface area contributed by atoms with E-state index < -0.39 is 0 Å². The number of benzene rings is 1. The summed E-state index contributed by atoms with van der Waals surface area (Å²) in [4.78, 5) is 2.36. The molecule has 1 aromatic rings. The Bertz CT molecular complexity index is 413. The van der Waals surface area contributed by atoms with Crippen LogP contribution in [0.4, 0.5) is 11.4 Å². The van der Waals surface area contributed by atoms with E-state index in [0.29, 0.717) is 0 Å². The van der Waals surface area contributed by atoms with Gasteiger partial charge in [0.25, 0.3) is 0 Å². The fraction of sp³-hybridized carbons (Fsp3) is 0.647. The zero-order valence-corrected chi connectivity index (χ0v) is 13.4. The van der Waals surface area contributed by atoms with Gasteiger partial charge in [0.2, 0.25) is 0 Å². The molecule has 0 radical (unpaired) electrons. The molecule has 0 unspecified atom stereocenters. The van der Waals surface area contributed by atoms with E-state index in [4.69, 9.17) is 9.47 Å². The third-order valence-corrected chi connectivity index (χ3v) is 3.81. The molecule has 21 heavy (non-hydrogen) atoms. The molecule has 1 aliphatic rings. The molecule has 0 atom stereocenters. The highest BCUT2D eigenvalue weighted by Gasteiger charge is 2.12. The highest BCUT2D eigenvalue weighted by atomic mass is 16.5. The Hall–Kier alpha value is -1.26. The second-order valence-corrected chi connectivity index (χ2v) is 5.25. The lowest BCUT2D eigenvalue weighted by molar-refractivity contribution is 0.141. The standard InChI is InChI=1S/C17H28N2O2/c1-3-20-12-10-19(11-13-21-4-2)16-7-8-17-15(14-16)6-5-9-18-17/h7-8,14,18H,3-6,9-13H2,1-2H3. The first-order chi connectivity index (χ1) is 10.3. The van der Waals surface area contributed by atoms with E-state index in [1.165, 1.54) is 29.8 Å². The van der Waals surface area contributed by atoms with Crippen LogP contribution < -0.4 is 10.2 Å². The highest BCUT2D eigenvalue weighted by molar-refractivity contribution is 5.61. The van der Waals surface area contributed by atoms with Crippen molar-refractivity contribution in [1.29, 1.82) is 0 Å². The van der Waals surface area contributed by atoms with E-state index in [-0.39, 0.29) is 0 Å². The molecule has 118 valence electrons. The van der Waals surface area contributed by atoms with Gasteiger partial charge >= 0.3 is 0 Å². The number of rotatable bonds is 9. The number of ether oxygens (including phenoxy) is 2. The van der Waals surface area contributed by atoms with Crippen molar-refractivity contribution in [2.45, 2.75) is 26.7 Å². The van der Waals surface area contributed by atoms with E-state index in [2.05, 4.69) is 28.4 Å². The van der Waals surface area contributed by atoms with E-state index in [1.807, 2.05) is 13.8 Å². The first-order valence-corrected chi connectivity index (χ1v) is 8.12. The monoisotopic (exact) mass is 292 g/mol. The van der Waals surface area contributed by atoms with Crippen molar-refractivity contribution < 1.29 is 9.47 Å². The topological polar surface area (TPSA) is 33.7 Å². The van der Waals surface area contributed by atoms with E-state index >= 15 is 0 Å². The summed E-state index contributed by atoms with van der Waals surface area (Å²) < 4.78 is 11.0. The van der Waals surface area contributed by atoms with Gasteiger partial charge < -0.3 is 19.7 Å². The molecule has 1 heterocycles. The Kier molecular flexibility index (Phi) is 6.83. The molecule has 1 N–H and O–H groups in total. The normalized spacial score (nSPS) is 13.6. The maximum absolute atomic E-state index is 5.51. The number of aryl methyl sites for hydroxylation is 1. The second kappa shape index (κ2) is 8.90. The minimum absolute atomic E-state index is 0.762. The van der Waals surface area contributed by atoms with Crippen molar-refractivity contribution in [2.75, 3.05) is 56.3 Å². The molecule has 0 saturated carbocycles. The predicted molar refractivity (Wildman–Crippen MR) is 88.5 cm³/mol. The number of anilines is 2. The van der Waals surface area contributed by atoms with Gasteiger partial charge in [0.15, 0.2) is 0 Å². The lowest BCUT2D eigenvalue weighted by Crippen LogP contribution is -2.31. The molecule has 0 fully saturated rings. The van der Waals surface area contributed by atoms with E-state index in [1.54, 1.807) is 0 Å². The largest absolute Gasteiger partial charge is 0.385 e. The molecule has 0 amide bonds. The molecule has 4 heteroatoms. The van der Waals surface area contributed by atoms with Gasteiger partial charge in [-0.05, 0) is 50.5 Å². The van der Waals surface area contributed by atoms with Gasteiger partial charge in [0, 0.05) is 44.2 Å². The zero-order valence-electron chi connectivity index (χ0n) is 13.4. The molecular formula is C17H28N2O2. The maximum Gasteiger partial charge on any atom is 0.0641 e. The van der Waals surface area contributed by atoms with Gasteiger partial charge in [-0.1, -0.05) is 0 Å². The van der Waals surface area contributed by atoms with E-state index in [9.17, 15) is 0 Å². The third-order valence-electron chi connectivity index (χ3n) is 3.81. The fourth-order valence-electron chi connectivity index (χ4n) is 2.67. The summed E-state index contributed by atoms with van der Waals surface area (Å²) in [6.07, 6.45) is 2.38. The average molecular weight is 292 g/mol. The van der Waals surface area contributed by atoms with Gasteiger partial charge in [0.05, 0.1) is 13.2 Å². The molecule has 2 rings (SSSR count). The van der Waals surface area contributed by atoms with Gasteiger partial charge in [-0.3, -0.25) is 0 Å². The summed E-state index contributed by atoms with van der Waals surface area (Å²) in [5, 5.41) is 3.47. The Labute approximate surface area is 128 Å². The molecule has 0 aliphatic carbocycles. The summed E-state index contributed by atoms with van der Waals surface area (Å²) >= 11 is 0. The Morgan fingerprint density at radius 3 is 2.48 bits per heavy atom. The Morgan fingerprint density at radius 2 is 1.81 bits per heavy atom. The zero-order chi connectivity index (χ0) is 14.9. The molecule has 0 aromatic heterocycles. The molecule has 0 saturated heterocycles. The van der Waals surface area contributed by atoms with Crippen molar-refractivity contribution in [1.82, 2.24) is 0 Å². The van der Waals surface area contributed by atoms with Crippen LogP contribution in [0.5, 0.6) is 0 Å². The van der Waals surface area contributed by atoms with E-state index in [0.717, 1.165) is 46.1 Å². The van der Waals surface area contributed by atoms with Crippen molar-refractivity contribution in [3.05, 3.63) is 23.8 Å². The Morgan fingerprint density at radius 1 is 1.10 bits per heavy atom. The van der Waals surface area contributed by atoms with Crippen molar-refractivity contribution >= 4 is 11.4 Å². The van der Waals surface area contributed by atoms with Crippen LogP contribution in [0.25, 0.3) is 0 Å². The molecule has 0 spiro atoms. The summed E-state index contributed by atoms with van der Waals surface area (Å²) in [7, 11) is 0. The molecule has 0 bridgehead atoms. The minimum atomic E-state index is 0.762. The first kappa shape index (κ1) is 16.1. The average Bonchev–Trinajstić information content (AvgIpc) is 2.53. The second-order valence-electron chi connectivity index (χ2n) is 5.25. The Balaban J connectivity index is 2.03. The van der Waals surface area contributed by atoms with Gasteiger partial charge in [-0.15, -0.1) is 0 Å². The van der Waals surface area contributed by atoms with Crippen molar-refractivity contribution in [3.63, 3.8) is 0 Å². The number of nitrogens with zero attached hydrogens (tertiary/aromatic N) is 1. The minimum Gasteiger partial charge on any atom is -0.385 e. The summed E-state index contributed by atoms with van der Waals surface area (Å²) in [5.74, 6) is 0. The maximum atomic E-state index is 5.51. The van der Waals surface area contributed by atoms with Crippen LogP contribution in [0.2, 0.25) is 0 Å². The predicted octanol–water partition coefficient (Wildman–Crippen LogP) is 2.92. The van der Waals surface area contributed by atoms with Crippen LogP contribution in [-0.4, -0.2) is 46.1 Å². The van der Waals surface area contributed by atoms with Gasteiger partial charge in [-0.2, -0.15) is 0 Å². The SMILES string of the molecule is CCOCCN(CCOCC)c1ccc2c(c1)CCCN2. The van der Waals surface area contributed by atoms with Gasteiger partial charge in [0.1, 0.15) is 0 Å². The lowest BCUT2D eigenvalue weighted by Gasteiger charge is -2.27. The molecular weight excluding hydrogens is 264 g/mol. The molecule has 1 aromatic carbocycles.